The first-order valence-corrected chi connectivity index (χ1v) is 7.88. The van der Waals surface area contributed by atoms with Crippen molar-refractivity contribution in [3.8, 4) is 0 Å². The minimum absolute atomic E-state index is 0.174. The van der Waals surface area contributed by atoms with Gasteiger partial charge in [0.15, 0.2) is 0 Å². The molecule has 1 aromatic heterocycles. The van der Waals surface area contributed by atoms with E-state index < -0.39 is 0 Å². The molecule has 1 saturated heterocycles. The highest BCUT2D eigenvalue weighted by Gasteiger charge is 2.19. The fourth-order valence-electron chi connectivity index (χ4n) is 2.63. The second kappa shape index (κ2) is 6.43. The topological polar surface area (TPSA) is 28.2 Å². The van der Waals surface area contributed by atoms with Gasteiger partial charge >= 0.3 is 0 Å². The fourth-order valence-corrected chi connectivity index (χ4v) is 2.86. The molecule has 0 bridgehead atoms. The van der Waals surface area contributed by atoms with Crippen LogP contribution in [-0.2, 0) is 0 Å². The maximum Gasteiger partial charge on any atom is 0.126 e. The van der Waals surface area contributed by atoms with Crippen LogP contribution in [0.3, 0.4) is 0 Å². The van der Waals surface area contributed by atoms with Gasteiger partial charge in [0.25, 0.3) is 0 Å². The average molecular weight is 350 g/mol. The number of nitrogens with one attached hydrogen (secondary N) is 1. The van der Waals surface area contributed by atoms with E-state index in [1.165, 1.54) is 6.07 Å². The Morgan fingerprint density at radius 1 is 1.19 bits per heavy atom. The highest BCUT2D eigenvalue weighted by atomic mass is 79.9. The van der Waals surface area contributed by atoms with Crippen LogP contribution in [0.1, 0.15) is 12.8 Å². The van der Waals surface area contributed by atoms with Gasteiger partial charge in [0, 0.05) is 35.5 Å². The van der Waals surface area contributed by atoms with Gasteiger partial charge in [-0.15, -0.1) is 0 Å². The second-order valence-corrected chi connectivity index (χ2v) is 6.16. The van der Waals surface area contributed by atoms with Crippen LogP contribution in [0.15, 0.2) is 47.1 Å². The molecule has 0 atom stereocenters. The van der Waals surface area contributed by atoms with E-state index in [4.69, 9.17) is 0 Å². The van der Waals surface area contributed by atoms with Gasteiger partial charge in [0.05, 0.1) is 0 Å². The van der Waals surface area contributed by atoms with Crippen LogP contribution >= 0.6 is 15.9 Å². The summed E-state index contributed by atoms with van der Waals surface area (Å²) in [6.07, 6.45) is 3.84. The Morgan fingerprint density at radius 3 is 2.67 bits per heavy atom. The van der Waals surface area contributed by atoms with Crippen molar-refractivity contribution < 1.29 is 4.39 Å². The van der Waals surface area contributed by atoms with Gasteiger partial charge in [-0.2, -0.15) is 0 Å². The smallest absolute Gasteiger partial charge is 0.126 e. The predicted molar refractivity (Wildman–Crippen MR) is 87.2 cm³/mol. The quantitative estimate of drug-likeness (QED) is 0.905. The van der Waals surface area contributed by atoms with Crippen LogP contribution in [0.2, 0.25) is 0 Å². The van der Waals surface area contributed by atoms with Crippen LogP contribution in [0.5, 0.6) is 0 Å². The van der Waals surface area contributed by atoms with E-state index >= 15 is 0 Å². The number of hydrogen-bond donors (Lipinski definition) is 1. The molecule has 2 aromatic rings. The minimum Gasteiger partial charge on any atom is -0.371 e. The lowest BCUT2D eigenvalue weighted by Gasteiger charge is -2.34. The highest BCUT2D eigenvalue weighted by molar-refractivity contribution is 9.10. The van der Waals surface area contributed by atoms with Crippen LogP contribution < -0.4 is 10.2 Å². The number of anilines is 2. The Kier molecular flexibility index (Phi) is 4.39. The van der Waals surface area contributed by atoms with Crippen molar-refractivity contribution in [2.45, 2.75) is 18.9 Å². The van der Waals surface area contributed by atoms with Gasteiger partial charge < -0.3 is 10.2 Å². The molecule has 1 aliphatic heterocycles. The molecule has 1 fully saturated rings. The molecule has 110 valence electrons. The van der Waals surface area contributed by atoms with Gasteiger partial charge in [0.1, 0.15) is 11.6 Å². The second-order valence-electron chi connectivity index (χ2n) is 5.25. The van der Waals surface area contributed by atoms with E-state index in [0.29, 0.717) is 6.04 Å². The van der Waals surface area contributed by atoms with E-state index in [-0.39, 0.29) is 5.82 Å². The zero-order valence-electron chi connectivity index (χ0n) is 11.6. The molecule has 21 heavy (non-hydrogen) atoms. The number of piperidine rings is 1. The third-order valence-electron chi connectivity index (χ3n) is 3.75. The maximum atomic E-state index is 13.3. The predicted octanol–water partition coefficient (Wildman–Crippen LogP) is 4.06. The summed E-state index contributed by atoms with van der Waals surface area (Å²) in [6, 6.07) is 11.2. The zero-order chi connectivity index (χ0) is 14.7. The van der Waals surface area contributed by atoms with Crippen molar-refractivity contribution in [1.29, 1.82) is 0 Å². The SMILES string of the molecule is Fc1cccc(N2CCC(Nc3ccc(Br)cn3)CC2)c1. The summed E-state index contributed by atoms with van der Waals surface area (Å²) in [6.45, 7) is 1.86. The van der Waals surface area contributed by atoms with Gasteiger partial charge in [0.2, 0.25) is 0 Å². The third-order valence-corrected chi connectivity index (χ3v) is 4.22. The molecule has 0 radical (unpaired) electrons. The van der Waals surface area contributed by atoms with E-state index in [2.05, 4.69) is 31.1 Å². The number of benzene rings is 1. The molecule has 1 aromatic carbocycles. The Bertz CT molecular complexity index is 595. The molecule has 3 rings (SSSR count). The van der Waals surface area contributed by atoms with Crippen LogP contribution in [0, 0.1) is 5.82 Å². The van der Waals surface area contributed by atoms with Crippen molar-refractivity contribution in [3.63, 3.8) is 0 Å². The largest absolute Gasteiger partial charge is 0.371 e. The van der Waals surface area contributed by atoms with E-state index in [0.717, 1.165) is 41.9 Å². The molecular weight excluding hydrogens is 333 g/mol. The van der Waals surface area contributed by atoms with Crippen LogP contribution in [-0.4, -0.2) is 24.1 Å². The molecule has 0 amide bonds. The number of hydrogen-bond acceptors (Lipinski definition) is 3. The summed E-state index contributed by atoms with van der Waals surface area (Å²) in [4.78, 5) is 6.57. The van der Waals surface area contributed by atoms with Gasteiger partial charge in [-0.05, 0) is 59.1 Å². The number of halogens is 2. The Hall–Kier alpha value is -1.62. The molecule has 0 aliphatic carbocycles. The monoisotopic (exact) mass is 349 g/mol. The lowest BCUT2D eigenvalue weighted by molar-refractivity contribution is 0.524. The molecule has 0 unspecified atom stereocenters. The van der Waals surface area contributed by atoms with Gasteiger partial charge in [-0.3, -0.25) is 0 Å². The number of rotatable bonds is 3. The zero-order valence-corrected chi connectivity index (χ0v) is 13.2. The maximum absolute atomic E-state index is 13.3. The molecular formula is C16H17BrFN3. The Morgan fingerprint density at radius 2 is 2.00 bits per heavy atom. The van der Waals surface area contributed by atoms with E-state index in [1.54, 1.807) is 18.3 Å². The van der Waals surface area contributed by atoms with Crippen molar-refractivity contribution >= 4 is 27.4 Å². The standard InChI is InChI=1S/C16H17BrFN3/c17-12-4-5-16(19-11-12)20-14-6-8-21(9-7-14)15-3-1-2-13(18)10-15/h1-5,10-11,14H,6-9H2,(H,19,20). The molecule has 0 saturated carbocycles. The minimum atomic E-state index is -0.174. The van der Waals surface area contributed by atoms with Crippen molar-refractivity contribution in [2.75, 3.05) is 23.3 Å². The molecule has 5 heteroatoms. The number of pyridine rings is 1. The Labute approximate surface area is 132 Å². The summed E-state index contributed by atoms with van der Waals surface area (Å²) in [5, 5.41) is 3.46. The fraction of sp³-hybridized carbons (Fsp3) is 0.312. The van der Waals surface area contributed by atoms with E-state index in [9.17, 15) is 4.39 Å². The average Bonchev–Trinajstić information content (AvgIpc) is 2.50. The summed E-state index contributed by atoms with van der Waals surface area (Å²) in [5.74, 6) is 0.731. The normalized spacial score (nSPS) is 16.0. The first-order valence-electron chi connectivity index (χ1n) is 7.09. The summed E-state index contributed by atoms with van der Waals surface area (Å²) in [7, 11) is 0. The summed E-state index contributed by atoms with van der Waals surface area (Å²) >= 11 is 3.38. The number of aromatic nitrogens is 1. The molecule has 1 N–H and O–H groups in total. The number of nitrogens with zero attached hydrogens (tertiary/aromatic N) is 2. The molecule has 2 heterocycles. The summed E-state index contributed by atoms with van der Waals surface area (Å²) < 4.78 is 14.2. The first kappa shape index (κ1) is 14.3. The lowest BCUT2D eigenvalue weighted by atomic mass is 10.0. The van der Waals surface area contributed by atoms with E-state index in [1.807, 2.05) is 18.2 Å². The molecule has 1 aliphatic rings. The van der Waals surface area contributed by atoms with Crippen molar-refractivity contribution in [3.05, 3.63) is 52.9 Å². The molecule has 3 nitrogen and oxygen atoms in total. The van der Waals surface area contributed by atoms with Gasteiger partial charge in [-0.1, -0.05) is 6.07 Å². The highest BCUT2D eigenvalue weighted by Crippen LogP contribution is 2.22. The van der Waals surface area contributed by atoms with Crippen LogP contribution in [0.4, 0.5) is 15.9 Å². The third kappa shape index (κ3) is 3.73. The van der Waals surface area contributed by atoms with Crippen LogP contribution in [0.25, 0.3) is 0 Å². The van der Waals surface area contributed by atoms with Gasteiger partial charge in [-0.25, -0.2) is 9.37 Å². The summed E-state index contributed by atoms with van der Waals surface area (Å²) in [5.41, 5.74) is 0.968. The Balaban J connectivity index is 1.56. The van der Waals surface area contributed by atoms with Crippen molar-refractivity contribution in [1.82, 2.24) is 4.98 Å². The molecule has 0 spiro atoms. The first-order chi connectivity index (χ1) is 10.2. The van der Waals surface area contributed by atoms with Crippen molar-refractivity contribution in [2.24, 2.45) is 0 Å². The lowest BCUT2D eigenvalue weighted by Crippen LogP contribution is -2.39.